The predicted molar refractivity (Wildman–Crippen MR) is 91.8 cm³/mol. The molecule has 6 nitrogen and oxygen atoms in total. The van der Waals surface area contributed by atoms with Crippen LogP contribution >= 0.6 is 0 Å². The highest BCUT2D eigenvalue weighted by molar-refractivity contribution is 5.93. The third-order valence-corrected chi connectivity index (χ3v) is 3.54. The average molecular weight is 332 g/mol. The van der Waals surface area contributed by atoms with Crippen molar-refractivity contribution in [3.8, 4) is 11.5 Å². The van der Waals surface area contributed by atoms with Crippen LogP contribution in [0, 0.1) is 6.92 Å². The molecule has 1 aromatic carbocycles. The standard InChI is InChI=1S/C18H24N2O4/c1-11-15(24-17(19-11)18(2,3)4)10-16(21)20-13-9-12(22-5)7-8-14(13)23-6/h7-9H,10H2,1-6H3,(H,20,21). The Morgan fingerprint density at radius 3 is 2.50 bits per heavy atom. The van der Waals surface area contributed by atoms with E-state index in [1.54, 1.807) is 32.4 Å². The van der Waals surface area contributed by atoms with Gasteiger partial charge in [0, 0.05) is 11.5 Å². The Bertz CT molecular complexity index is 729. The fourth-order valence-corrected chi connectivity index (χ4v) is 2.16. The summed E-state index contributed by atoms with van der Waals surface area (Å²) in [6, 6.07) is 5.22. The second-order valence-corrected chi connectivity index (χ2v) is 6.57. The molecule has 0 bridgehead atoms. The molecule has 6 heteroatoms. The van der Waals surface area contributed by atoms with Crippen molar-refractivity contribution in [3.05, 3.63) is 35.5 Å². The Morgan fingerprint density at radius 2 is 1.96 bits per heavy atom. The Hall–Kier alpha value is -2.50. The minimum atomic E-state index is -0.207. The average Bonchev–Trinajstić information content (AvgIpc) is 2.88. The highest BCUT2D eigenvalue weighted by Gasteiger charge is 2.23. The van der Waals surface area contributed by atoms with Gasteiger partial charge in [-0.1, -0.05) is 20.8 Å². The van der Waals surface area contributed by atoms with Gasteiger partial charge >= 0.3 is 0 Å². The number of rotatable bonds is 5. The number of methoxy groups -OCH3 is 2. The zero-order valence-corrected chi connectivity index (χ0v) is 15.0. The number of hydrogen-bond donors (Lipinski definition) is 1. The number of carbonyl (C=O) groups excluding carboxylic acids is 1. The number of nitrogens with one attached hydrogen (secondary N) is 1. The number of benzene rings is 1. The van der Waals surface area contributed by atoms with E-state index < -0.39 is 0 Å². The first-order valence-corrected chi connectivity index (χ1v) is 7.73. The molecule has 130 valence electrons. The summed E-state index contributed by atoms with van der Waals surface area (Å²) in [5, 5.41) is 2.83. The third kappa shape index (κ3) is 4.07. The number of nitrogens with zero attached hydrogens (tertiary/aromatic N) is 1. The van der Waals surface area contributed by atoms with Gasteiger partial charge in [0.25, 0.3) is 0 Å². The molecule has 1 amide bonds. The Balaban J connectivity index is 2.16. The van der Waals surface area contributed by atoms with Crippen molar-refractivity contribution in [1.82, 2.24) is 4.98 Å². The van der Waals surface area contributed by atoms with E-state index in [4.69, 9.17) is 13.9 Å². The maximum Gasteiger partial charge on any atom is 0.232 e. The zero-order chi connectivity index (χ0) is 17.9. The molecule has 0 unspecified atom stereocenters. The van der Waals surface area contributed by atoms with Crippen LogP contribution in [0.25, 0.3) is 0 Å². The fraction of sp³-hybridized carbons (Fsp3) is 0.444. The summed E-state index contributed by atoms with van der Waals surface area (Å²) in [5.41, 5.74) is 1.08. The molecule has 0 fully saturated rings. The van der Waals surface area contributed by atoms with Crippen molar-refractivity contribution in [2.45, 2.75) is 39.5 Å². The van der Waals surface area contributed by atoms with Gasteiger partial charge in [-0.25, -0.2) is 4.98 Å². The molecule has 1 heterocycles. The summed E-state index contributed by atoms with van der Waals surface area (Å²) in [6.45, 7) is 7.89. The molecule has 0 aliphatic rings. The minimum absolute atomic E-state index is 0.106. The molecule has 0 aliphatic heterocycles. The summed E-state index contributed by atoms with van der Waals surface area (Å²) in [4.78, 5) is 16.8. The number of hydrogen-bond acceptors (Lipinski definition) is 5. The van der Waals surface area contributed by atoms with Crippen LogP contribution < -0.4 is 14.8 Å². The minimum Gasteiger partial charge on any atom is -0.497 e. The van der Waals surface area contributed by atoms with Crippen molar-refractivity contribution in [3.63, 3.8) is 0 Å². The van der Waals surface area contributed by atoms with Crippen LogP contribution in [-0.2, 0) is 16.6 Å². The lowest BCUT2D eigenvalue weighted by Crippen LogP contribution is -2.15. The van der Waals surface area contributed by atoms with Crippen LogP contribution in [0.2, 0.25) is 0 Å². The van der Waals surface area contributed by atoms with Crippen molar-refractivity contribution < 1.29 is 18.7 Å². The molecule has 0 saturated heterocycles. The zero-order valence-electron chi connectivity index (χ0n) is 15.0. The Labute approximate surface area is 142 Å². The van der Waals surface area contributed by atoms with E-state index in [2.05, 4.69) is 10.3 Å². The van der Waals surface area contributed by atoms with Gasteiger partial charge in [-0.05, 0) is 19.1 Å². The molecule has 0 spiro atoms. The summed E-state index contributed by atoms with van der Waals surface area (Å²) in [5.74, 6) is 2.19. The monoisotopic (exact) mass is 332 g/mol. The van der Waals surface area contributed by atoms with Crippen molar-refractivity contribution >= 4 is 11.6 Å². The van der Waals surface area contributed by atoms with Gasteiger partial charge < -0.3 is 19.2 Å². The highest BCUT2D eigenvalue weighted by Crippen LogP contribution is 2.29. The lowest BCUT2D eigenvalue weighted by atomic mass is 9.97. The van der Waals surface area contributed by atoms with Gasteiger partial charge in [-0.15, -0.1) is 0 Å². The van der Waals surface area contributed by atoms with E-state index in [1.165, 1.54) is 0 Å². The van der Waals surface area contributed by atoms with E-state index in [9.17, 15) is 4.79 Å². The molecule has 0 aliphatic carbocycles. The molecule has 0 radical (unpaired) electrons. The van der Waals surface area contributed by atoms with Gasteiger partial charge in [0.1, 0.15) is 17.3 Å². The summed E-state index contributed by atoms with van der Waals surface area (Å²) in [6.07, 6.45) is 0.106. The van der Waals surface area contributed by atoms with Crippen LogP contribution in [0.15, 0.2) is 22.6 Å². The smallest absolute Gasteiger partial charge is 0.232 e. The Morgan fingerprint density at radius 1 is 1.25 bits per heavy atom. The van der Waals surface area contributed by atoms with Gasteiger partial charge in [-0.3, -0.25) is 4.79 Å². The first-order chi connectivity index (χ1) is 11.2. The summed E-state index contributed by atoms with van der Waals surface area (Å²) >= 11 is 0. The van der Waals surface area contributed by atoms with E-state index in [1.807, 2.05) is 27.7 Å². The lowest BCUT2D eigenvalue weighted by Gasteiger charge is -2.12. The third-order valence-electron chi connectivity index (χ3n) is 3.54. The molecule has 2 aromatic rings. The molecule has 1 aromatic heterocycles. The van der Waals surface area contributed by atoms with Gasteiger partial charge in [-0.2, -0.15) is 0 Å². The number of amides is 1. The maximum atomic E-state index is 12.4. The van der Waals surface area contributed by atoms with Gasteiger partial charge in [0.15, 0.2) is 5.89 Å². The summed E-state index contributed by atoms with van der Waals surface area (Å²) in [7, 11) is 3.12. The number of oxazole rings is 1. The first kappa shape index (κ1) is 17.8. The maximum absolute atomic E-state index is 12.4. The molecule has 2 rings (SSSR count). The number of anilines is 1. The van der Waals surface area contributed by atoms with E-state index in [-0.39, 0.29) is 17.7 Å². The van der Waals surface area contributed by atoms with E-state index in [0.717, 1.165) is 5.69 Å². The van der Waals surface area contributed by atoms with Crippen molar-refractivity contribution in [2.24, 2.45) is 0 Å². The van der Waals surface area contributed by atoms with Crippen LogP contribution in [-0.4, -0.2) is 25.1 Å². The molecular formula is C18H24N2O4. The molecule has 1 N–H and O–H groups in total. The Kier molecular flexibility index (Phi) is 5.17. The second kappa shape index (κ2) is 6.95. The highest BCUT2D eigenvalue weighted by atomic mass is 16.5. The van der Waals surface area contributed by atoms with Crippen LogP contribution in [0.5, 0.6) is 11.5 Å². The van der Waals surface area contributed by atoms with Crippen molar-refractivity contribution in [2.75, 3.05) is 19.5 Å². The number of carbonyl (C=O) groups is 1. The number of aromatic nitrogens is 1. The van der Waals surface area contributed by atoms with Crippen LogP contribution in [0.3, 0.4) is 0 Å². The SMILES string of the molecule is COc1ccc(OC)c(NC(=O)Cc2oc(C(C)(C)C)nc2C)c1. The van der Waals surface area contributed by atoms with Crippen LogP contribution in [0.4, 0.5) is 5.69 Å². The second-order valence-electron chi connectivity index (χ2n) is 6.57. The summed E-state index contributed by atoms with van der Waals surface area (Å²) < 4.78 is 16.2. The van der Waals surface area contributed by atoms with Gasteiger partial charge in [0.05, 0.1) is 32.0 Å². The first-order valence-electron chi connectivity index (χ1n) is 7.73. The van der Waals surface area contributed by atoms with E-state index in [0.29, 0.717) is 28.8 Å². The molecule has 0 atom stereocenters. The predicted octanol–water partition coefficient (Wildman–Crippen LogP) is 3.48. The van der Waals surface area contributed by atoms with Gasteiger partial charge in [0.2, 0.25) is 5.91 Å². The van der Waals surface area contributed by atoms with Crippen LogP contribution in [0.1, 0.15) is 38.1 Å². The quantitative estimate of drug-likeness (QED) is 0.907. The van der Waals surface area contributed by atoms with Crippen molar-refractivity contribution in [1.29, 1.82) is 0 Å². The molecular weight excluding hydrogens is 308 g/mol. The molecule has 0 saturated carbocycles. The van der Waals surface area contributed by atoms with E-state index >= 15 is 0 Å². The topological polar surface area (TPSA) is 73.6 Å². The molecule has 24 heavy (non-hydrogen) atoms. The number of aryl methyl sites for hydroxylation is 1. The normalized spacial score (nSPS) is 11.2. The largest absolute Gasteiger partial charge is 0.497 e. The number of ether oxygens (including phenoxy) is 2. The lowest BCUT2D eigenvalue weighted by molar-refractivity contribution is -0.115. The fourth-order valence-electron chi connectivity index (χ4n) is 2.16.